The molecule has 4 heteroatoms. The molecule has 0 radical (unpaired) electrons. The van der Waals surface area contributed by atoms with E-state index in [0.29, 0.717) is 12.1 Å². The molecule has 2 rings (SSSR count). The SMILES string of the molecule is Cc1cccc(NCc2ccc(F)c(C#N)c2)c1C#N. The van der Waals surface area contributed by atoms with Crippen LogP contribution in [0.5, 0.6) is 0 Å². The molecule has 0 atom stereocenters. The Balaban J connectivity index is 2.20. The molecule has 0 bridgehead atoms. The van der Waals surface area contributed by atoms with Crippen LogP contribution in [0.3, 0.4) is 0 Å². The molecule has 0 spiro atoms. The summed E-state index contributed by atoms with van der Waals surface area (Å²) < 4.78 is 13.2. The monoisotopic (exact) mass is 265 g/mol. The third-order valence-corrected chi connectivity index (χ3v) is 3.02. The van der Waals surface area contributed by atoms with Gasteiger partial charge in [0.25, 0.3) is 0 Å². The van der Waals surface area contributed by atoms with Crippen molar-refractivity contribution < 1.29 is 4.39 Å². The minimum Gasteiger partial charge on any atom is -0.380 e. The quantitative estimate of drug-likeness (QED) is 0.924. The molecule has 2 aromatic carbocycles. The number of hydrogen-bond donors (Lipinski definition) is 1. The maximum absolute atomic E-state index is 13.2. The van der Waals surface area contributed by atoms with Gasteiger partial charge in [-0.3, -0.25) is 0 Å². The molecule has 0 saturated heterocycles. The number of halogens is 1. The van der Waals surface area contributed by atoms with Gasteiger partial charge in [-0.15, -0.1) is 0 Å². The smallest absolute Gasteiger partial charge is 0.140 e. The molecule has 0 aliphatic rings. The molecule has 0 amide bonds. The molecule has 1 N–H and O–H groups in total. The second kappa shape index (κ2) is 5.86. The van der Waals surface area contributed by atoms with Gasteiger partial charge in [-0.1, -0.05) is 18.2 Å². The number of nitrogens with zero attached hydrogens (tertiary/aromatic N) is 2. The van der Waals surface area contributed by atoms with E-state index in [1.54, 1.807) is 6.07 Å². The first kappa shape index (κ1) is 13.6. The van der Waals surface area contributed by atoms with Gasteiger partial charge in [0.2, 0.25) is 0 Å². The van der Waals surface area contributed by atoms with Gasteiger partial charge in [0.05, 0.1) is 16.8 Å². The number of anilines is 1. The molecule has 98 valence electrons. The average molecular weight is 265 g/mol. The van der Waals surface area contributed by atoms with Crippen molar-refractivity contribution in [3.05, 3.63) is 64.5 Å². The molecule has 0 saturated carbocycles. The Bertz CT molecular complexity index is 723. The molecule has 0 aliphatic heterocycles. The number of rotatable bonds is 3. The number of aryl methyl sites for hydroxylation is 1. The minimum atomic E-state index is -0.524. The van der Waals surface area contributed by atoms with Crippen LogP contribution in [-0.2, 0) is 6.54 Å². The van der Waals surface area contributed by atoms with Crippen LogP contribution >= 0.6 is 0 Å². The number of nitriles is 2. The van der Waals surface area contributed by atoms with Crippen molar-refractivity contribution in [1.82, 2.24) is 0 Å². The Morgan fingerprint density at radius 2 is 1.95 bits per heavy atom. The Morgan fingerprint density at radius 3 is 2.65 bits per heavy atom. The van der Waals surface area contributed by atoms with Crippen LogP contribution in [0.2, 0.25) is 0 Å². The Kier molecular flexibility index (Phi) is 3.98. The zero-order valence-electron chi connectivity index (χ0n) is 10.9. The lowest BCUT2D eigenvalue weighted by atomic mass is 10.1. The maximum atomic E-state index is 13.2. The second-order valence-corrected chi connectivity index (χ2v) is 4.39. The maximum Gasteiger partial charge on any atom is 0.140 e. The van der Waals surface area contributed by atoms with Gasteiger partial charge in [0, 0.05) is 6.54 Å². The van der Waals surface area contributed by atoms with Crippen LogP contribution in [-0.4, -0.2) is 0 Å². The van der Waals surface area contributed by atoms with E-state index in [-0.39, 0.29) is 5.56 Å². The van der Waals surface area contributed by atoms with Crippen LogP contribution < -0.4 is 5.32 Å². The Labute approximate surface area is 116 Å². The topological polar surface area (TPSA) is 59.6 Å². The Morgan fingerprint density at radius 1 is 1.15 bits per heavy atom. The fourth-order valence-corrected chi connectivity index (χ4v) is 1.93. The third-order valence-electron chi connectivity index (χ3n) is 3.02. The van der Waals surface area contributed by atoms with Gasteiger partial charge in [0.1, 0.15) is 18.0 Å². The first-order chi connectivity index (χ1) is 9.65. The van der Waals surface area contributed by atoms with E-state index in [9.17, 15) is 4.39 Å². The van der Waals surface area contributed by atoms with E-state index in [2.05, 4.69) is 11.4 Å². The number of nitrogens with one attached hydrogen (secondary N) is 1. The van der Waals surface area contributed by atoms with Crippen molar-refractivity contribution >= 4 is 5.69 Å². The van der Waals surface area contributed by atoms with Gasteiger partial charge in [-0.2, -0.15) is 10.5 Å². The highest BCUT2D eigenvalue weighted by Gasteiger charge is 2.06. The lowest BCUT2D eigenvalue weighted by Crippen LogP contribution is -2.03. The van der Waals surface area contributed by atoms with Crippen molar-refractivity contribution in [2.24, 2.45) is 0 Å². The molecule has 20 heavy (non-hydrogen) atoms. The zero-order valence-corrected chi connectivity index (χ0v) is 10.9. The van der Waals surface area contributed by atoms with Crippen molar-refractivity contribution in [2.75, 3.05) is 5.32 Å². The number of hydrogen-bond acceptors (Lipinski definition) is 3. The third kappa shape index (κ3) is 2.76. The predicted molar refractivity (Wildman–Crippen MR) is 74.3 cm³/mol. The van der Waals surface area contributed by atoms with Gasteiger partial charge >= 0.3 is 0 Å². The van der Waals surface area contributed by atoms with E-state index in [1.807, 2.05) is 31.2 Å². The van der Waals surface area contributed by atoms with Gasteiger partial charge < -0.3 is 5.32 Å². The van der Waals surface area contributed by atoms with Crippen LogP contribution in [0.25, 0.3) is 0 Å². The largest absolute Gasteiger partial charge is 0.380 e. The summed E-state index contributed by atoms with van der Waals surface area (Å²) in [5.41, 5.74) is 3.03. The normalized spacial score (nSPS) is 9.60. The molecule has 0 aliphatic carbocycles. The van der Waals surface area contributed by atoms with Gasteiger partial charge in [-0.05, 0) is 36.2 Å². The molecule has 0 heterocycles. The summed E-state index contributed by atoms with van der Waals surface area (Å²) in [5, 5.41) is 21.1. The summed E-state index contributed by atoms with van der Waals surface area (Å²) in [6.07, 6.45) is 0. The zero-order chi connectivity index (χ0) is 14.5. The van der Waals surface area contributed by atoms with E-state index in [1.165, 1.54) is 12.1 Å². The fraction of sp³-hybridized carbons (Fsp3) is 0.125. The Hall–Kier alpha value is -2.85. The highest BCUT2D eigenvalue weighted by Crippen LogP contribution is 2.19. The summed E-state index contributed by atoms with van der Waals surface area (Å²) >= 11 is 0. The first-order valence-electron chi connectivity index (χ1n) is 6.08. The minimum absolute atomic E-state index is 0.0223. The summed E-state index contributed by atoms with van der Waals surface area (Å²) in [6.45, 7) is 2.29. The molecular formula is C16H12FN3. The van der Waals surface area contributed by atoms with Crippen molar-refractivity contribution in [1.29, 1.82) is 10.5 Å². The van der Waals surface area contributed by atoms with Crippen molar-refractivity contribution in [3.8, 4) is 12.1 Å². The van der Waals surface area contributed by atoms with Crippen LogP contribution in [0.15, 0.2) is 36.4 Å². The van der Waals surface area contributed by atoms with Crippen molar-refractivity contribution in [3.63, 3.8) is 0 Å². The molecule has 0 fully saturated rings. The molecule has 0 aromatic heterocycles. The summed E-state index contributed by atoms with van der Waals surface area (Å²) in [6, 6.07) is 13.9. The van der Waals surface area contributed by atoms with Crippen LogP contribution in [0.1, 0.15) is 22.3 Å². The summed E-state index contributed by atoms with van der Waals surface area (Å²) in [5.74, 6) is -0.524. The lowest BCUT2D eigenvalue weighted by molar-refractivity contribution is 0.623. The number of benzene rings is 2. The van der Waals surface area contributed by atoms with Gasteiger partial charge in [-0.25, -0.2) is 4.39 Å². The molecule has 0 unspecified atom stereocenters. The van der Waals surface area contributed by atoms with E-state index in [4.69, 9.17) is 10.5 Å². The van der Waals surface area contributed by atoms with E-state index < -0.39 is 5.82 Å². The van der Waals surface area contributed by atoms with Crippen LogP contribution in [0.4, 0.5) is 10.1 Å². The van der Waals surface area contributed by atoms with E-state index in [0.717, 1.165) is 16.8 Å². The second-order valence-electron chi connectivity index (χ2n) is 4.39. The molecule has 2 aromatic rings. The van der Waals surface area contributed by atoms with Crippen molar-refractivity contribution in [2.45, 2.75) is 13.5 Å². The highest BCUT2D eigenvalue weighted by atomic mass is 19.1. The lowest BCUT2D eigenvalue weighted by Gasteiger charge is -2.10. The molecular weight excluding hydrogens is 253 g/mol. The van der Waals surface area contributed by atoms with Gasteiger partial charge in [0.15, 0.2) is 0 Å². The summed E-state index contributed by atoms with van der Waals surface area (Å²) in [4.78, 5) is 0. The average Bonchev–Trinajstić information content (AvgIpc) is 2.46. The highest BCUT2D eigenvalue weighted by molar-refractivity contribution is 5.60. The molecule has 3 nitrogen and oxygen atoms in total. The predicted octanol–water partition coefficient (Wildman–Crippen LogP) is 3.49. The van der Waals surface area contributed by atoms with E-state index >= 15 is 0 Å². The summed E-state index contributed by atoms with van der Waals surface area (Å²) in [7, 11) is 0. The van der Waals surface area contributed by atoms with Crippen LogP contribution in [0, 0.1) is 35.4 Å². The fourth-order valence-electron chi connectivity index (χ4n) is 1.93. The standard InChI is InChI=1S/C16H12FN3/c1-11-3-2-4-16(14(11)9-19)20-10-12-5-6-15(17)13(7-12)8-18/h2-7,20H,10H2,1H3. The first-order valence-corrected chi connectivity index (χ1v) is 6.08.